The van der Waals surface area contributed by atoms with Gasteiger partial charge in [-0.25, -0.2) is 14.6 Å². The normalized spacial score (nSPS) is 21.8. The zero-order valence-electron chi connectivity index (χ0n) is 17.2. The number of halogens is 3. The molecule has 5 atom stereocenters. The van der Waals surface area contributed by atoms with Crippen LogP contribution in [0.5, 0.6) is 0 Å². The molecule has 14 nitrogen and oxygen atoms in total. The number of hydrogen-bond acceptors (Lipinski definition) is 9. The maximum absolute atomic E-state index is 11.6. The molecular formula is C16H26F3N5O9. The summed E-state index contributed by atoms with van der Waals surface area (Å²) in [5, 5.41) is 38.3. The van der Waals surface area contributed by atoms with Crippen molar-refractivity contribution in [1.82, 2.24) is 5.32 Å². The van der Waals surface area contributed by atoms with Crippen molar-refractivity contribution in [3.63, 3.8) is 0 Å². The van der Waals surface area contributed by atoms with Crippen LogP contribution in [0.25, 0.3) is 0 Å². The van der Waals surface area contributed by atoms with Gasteiger partial charge in [-0.1, -0.05) is 0 Å². The number of nitrogens with two attached hydrogens (primary N) is 3. The summed E-state index contributed by atoms with van der Waals surface area (Å²) in [6.45, 7) is 0.637. The van der Waals surface area contributed by atoms with E-state index in [2.05, 4.69) is 10.3 Å². The van der Waals surface area contributed by atoms with Gasteiger partial charge in [-0.2, -0.15) is 13.2 Å². The zero-order valence-corrected chi connectivity index (χ0v) is 17.2. The zero-order chi connectivity index (χ0) is 25.9. The first-order valence-corrected chi connectivity index (χ1v) is 9.03. The monoisotopic (exact) mass is 489 g/mol. The predicted molar refractivity (Wildman–Crippen MR) is 103 cm³/mol. The molecule has 0 aromatic heterocycles. The first kappa shape index (κ1) is 29.9. The van der Waals surface area contributed by atoms with Crippen LogP contribution >= 0.6 is 0 Å². The van der Waals surface area contributed by atoms with Gasteiger partial charge in [0.15, 0.2) is 12.1 Å². The van der Waals surface area contributed by atoms with Crippen molar-refractivity contribution in [1.29, 1.82) is 0 Å². The molecular weight excluding hydrogens is 463 g/mol. The van der Waals surface area contributed by atoms with E-state index >= 15 is 0 Å². The average molecular weight is 489 g/mol. The minimum Gasteiger partial charge on any atom is -0.478 e. The lowest BCUT2D eigenvalue weighted by Crippen LogP contribution is -2.60. The molecule has 0 aromatic rings. The number of nitrogens with one attached hydrogen (secondary N) is 1. The van der Waals surface area contributed by atoms with Gasteiger partial charge in [-0.05, 0) is 6.08 Å². The molecule has 1 aliphatic heterocycles. The second-order valence-electron chi connectivity index (χ2n) is 6.37. The number of carbonyl (C=O) groups is 3. The highest BCUT2D eigenvalue weighted by atomic mass is 19.4. The van der Waals surface area contributed by atoms with Gasteiger partial charge in [0.25, 0.3) is 0 Å². The molecule has 33 heavy (non-hydrogen) atoms. The third-order valence-corrected chi connectivity index (χ3v) is 3.75. The summed E-state index contributed by atoms with van der Waals surface area (Å²) in [5.41, 5.74) is 16.2. The number of aliphatic hydroxyl groups is 2. The van der Waals surface area contributed by atoms with Crippen molar-refractivity contribution in [3.8, 4) is 0 Å². The van der Waals surface area contributed by atoms with Gasteiger partial charge in [0, 0.05) is 13.5 Å². The van der Waals surface area contributed by atoms with Gasteiger partial charge in [0.2, 0.25) is 11.7 Å². The average Bonchev–Trinajstić information content (AvgIpc) is 2.68. The van der Waals surface area contributed by atoms with Crippen molar-refractivity contribution < 1.29 is 57.5 Å². The first-order valence-electron chi connectivity index (χ1n) is 9.03. The molecule has 0 unspecified atom stereocenters. The number of rotatable bonds is 9. The number of carboxylic acids is 2. The van der Waals surface area contributed by atoms with Crippen LogP contribution < -0.4 is 22.5 Å². The number of aliphatic carboxylic acids is 2. The van der Waals surface area contributed by atoms with E-state index in [0.717, 1.165) is 6.08 Å². The van der Waals surface area contributed by atoms with Gasteiger partial charge < -0.3 is 52.4 Å². The molecule has 190 valence electrons. The van der Waals surface area contributed by atoms with Gasteiger partial charge in [0.1, 0.15) is 12.2 Å². The Morgan fingerprint density at radius 2 is 1.85 bits per heavy atom. The van der Waals surface area contributed by atoms with Gasteiger partial charge in [-0.3, -0.25) is 4.79 Å². The number of ether oxygens (including phenoxy) is 2. The van der Waals surface area contributed by atoms with E-state index in [1.165, 1.54) is 6.92 Å². The first-order chi connectivity index (χ1) is 15.1. The Morgan fingerprint density at radius 1 is 1.30 bits per heavy atom. The summed E-state index contributed by atoms with van der Waals surface area (Å²) in [5.74, 6) is -5.45. The molecule has 0 saturated heterocycles. The number of aliphatic imine (C=N–C) groups is 1. The fourth-order valence-electron chi connectivity index (χ4n) is 2.53. The second-order valence-corrected chi connectivity index (χ2v) is 6.37. The third-order valence-electron chi connectivity index (χ3n) is 3.75. The van der Waals surface area contributed by atoms with Gasteiger partial charge in [0.05, 0.1) is 25.3 Å². The van der Waals surface area contributed by atoms with Crippen LogP contribution in [0, 0.1) is 0 Å². The van der Waals surface area contributed by atoms with E-state index in [1.807, 2.05) is 0 Å². The number of aliphatic hydroxyl groups excluding tert-OH is 2. The minimum atomic E-state index is -5.08. The quantitative estimate of drug-likeness (QED) is 0.118. The number of amides is 1. The molecule has 1 amide bonds. The van der Waals surface area contributed by atoms with E-state index < -0.39 is 66.8 Å². The van der Waals surface area contributed by atoms with Crippen LogP contribution in [0.4, 0.5) is 13.2 Å². The van der Waals surface area contributed by atoms with Crippen molar-refractivity contribution in [3.05, 3.63) is 11.8 Å². The van der Waals surface area contributed by atoms with Crippen LogP contribution in [0.15, 0.2) is 16.8 Å². The smallest absolute Gasteiger partial charge is 0.478 e. The highest BCUT2D eigenvalue weighted by Gasteiger charge is 2.45. The highest BCUT2D eigenvalue weighted by Crippen LogP contribution is 2.26. The van der Waals surface area contributed by atoms with Crippen molar-refractivity contribution in [2.75, 3.05) is 19.8 Å². The maximum atomic E-state index is 11.6. The lowest BCUT2D eigenvalue weighted by molar-refractivity contribution is -0.192. The van der Waals surface area contributed by atoms with E-state index in [9.17, 15) is 38.1 Å². The largest absolute Gasteiger partial charge is 0.490 e. The Hall–Kier alpha value is -3.15. The number of guanidine groups is 1. The topological polar surface area (TPSA) is 253 Å². The SMILES string of the molecule is CC(=O)N[C@H]1[C@H]([C@H](OCCN)[C@H](O)CO)OC(C(=O)O)=C[C@@H]1N=C(N)N.O=C(O)C(F)(F)F. The molecule has 0 radical (unpaired) electrons. The molecule has 17 heteroatoms. The van der Waals surface area contributed by atoms with E-state index in [0.29, 0.717) is 0 Å². The highest BCUT2D eigenvalue weighted by molar-refractivity contribution is 5.85. The molecule has 0 saturated carbocycles. The summed E-state index contributed by atoms with van der Waals surface area (Å²) < 4.78 is 42.6. The summed E-state index contributed by atoms with van der Waals surface area (Å²) in [6, 6.07) is -1.97. The molecule has 0 aliphatic carbocycles. The van der Waals surface area contributed by atoms with Crippen LogP contribution in [0.2, 0.25) is 0 Å². The Kier molecular flexibility index (Phi) is 12.1. The second kappa shape index (κ2) is 13.4. The summed E-state index contributed by atoms with van der Waals surface area (Å²) >= 11 is 0. The Bertz CT molecular complexity index is 744. The number of nitrogens with zero attached hydrogens (tertiary/aromatic N) is 1. The van der Waals surface area contributed by atoms with Crippen molar-refractivity contribution in [2.45, 2.75) is 43.5 Å². The Labute approximate surface area is 184 Å². The number of carbonyl (C=O) groups excluding carboxylic acids is 1. The molecule has 0 bridgehead atoms. The molecule has 0 fully saturated rings. The molecule has 0 aromatic carbocycles. The fraction of sp³-hybridized carbons (Fsp3) is 0.625. The third kappa shape index (κ3) is 10.3. The lowest BCUT2D eigenvalue weighted by Gasteiger charge is -2.40. The van der Waals surface area contributed by atoms with E-state index in [1.54, 1.807) is 0 Å². The molecule has 1 aliphatic rings. The molecule has 1 heterocycles. The summed E-state index contributed by atoms with van der Waals surface area (Å²) in [7, 11) is 0. The summed E-state index contributed by atoms with van der Waals surface area (Å²) in [6.07, 6.45) is -7.81. The maximum Gasteiger partial charge on any atom is 0.490 e. The van der Waals surface area contributed by atoms with Crippen LogP contribution in [0.3, 0.4) is 0 Å². The van der Waals surface area contributed by atoms with Crippen LogP contribution in [-0.4, -0.2) is 101 Å². The van der Waals surface area contributed by atoms with Crippen LogP contribution in [-0.2, 0) is 23.9 Å². The lowest BCUT2D eigenvalue weighted by atomic mass is 9.92. The Morgan fingerprint density at radius 3 is 2.21 bits per heavy atom. The van der Waals surface area contributed by atoms with Crippen molar-refractivity contribution >= 4 is 23.8 Å². The minimum absolute atomic E-state index is 0.00649. The van der Waals surface area contributed by atoms with Gasteiger partial charge in [-0.15, -0.1) is 0 Å². The molecule has 1 rings (SSSR count). The number of hydrogen-bond donors (Lipinski definition) is 8. The fourth-order valence-corrected chi connectivity index (χ4v) is 2.53. The summed E-state index contributed by atoms with van der Waals surface area (Å²) in [4.78, 5) is 35.8. The number of alkyl halides is 3. The molecule has 0 spiro atoms. The van der Waals surface area contributed by atoms with Crippen LogP contribution in [0.1, 0.15) is 6.92 Å². The molecule has 11 N–H and O–H groups in total. The van der Waals surface area contributed by atoms with E-state index in [-0.39, 0.29) is 19.1 Å². The van der Waals surface area contributed by atoms with Crippen molar-refractivity contribution in [2.24, 2.45) is 22.2 Å². The number of carboxylic acid groups (broad SMARTS) is 2. The van der Waals surface area contributed by atoms with E-state index in [4.69, 9.17) is 36.6 Å². The Balaban J connectivity index is 0.00000126. The predicted octanol–water partition coefficient (Wildman–Crippen LogP) is -3.17. The van der Waals surface area contributed by atoms with Gasteiger partial charge >= 0.3 is 18.1 Å². The standard InChI is InChI=1S/C14H25N5O7.C2HF3O2/c1-6(21)18-10-7(19-14(16)17)4-9(13(23)24)26-12(10)11(8(22)5-20)25-3-2-15;3-2(4,5)1(6)7/h4,7-8,10-12,20,22H,2-3,5,15H2,1H3,(H,18,21)(H,23,24)(H4,16,17,19);(H,6,7)/t7-,8+,10+,11+,12+;/m0./s1.